The Bertz CT molecular complexity index is 731. The number of hydrogen-bond acceptors (Lipinski definition) is 4. The Hall–Kier alpha value is -2.44. The summed E-state index contributed by atoms with van der Waals surface area (Å²) in [6, 6.07) is 11.2. The van der Waals surface area contributed by atoms with Gasteiger partial charge >= 0.3 is 0 Å². The second kappa shape index (κ2) is 7.21. The van der Waals surface area contributed by atoms with Crippen LogP contribution in [0.3, 0.4) is 0 Å². The monoisotopic (exact) mass is 334 g/mol. The van der Waals surface area contributed by atoms with Crippen molar-refractivity contribution in [3.63, 3.8) is 0 Å². The van der Waals surface area contributed by atoms with Gasteiger partial charge in [0.1, 0.15) is 5.69 Å². The molecule has 2 N–H and O–H groups in total. The lowest BCUT2D eigenvalue weighted by atomic mass is 10.0. The van der Waals surface area contributed by atoms with Gasteiger partial charge in [-0.25, -0.2) is 0 Å². The lowest BCUT2D eigenvalue weighted by Crippen LogP contribution is -2.09. The molecule has 0 saturated carbocycles. The smallest absolute Gasteiger partial charge is 0.293 e. The van der Waals surface area contributed by atoms with E-state index < -0.39 is 11.0 Å². The Labute approximate surface area is 137 Å². The van der Waals surface area contributed by atoms with Gasteiger partial charge in [-0.15, -0.1) is 0 Å². The van der Waals surface area contributed by atoms with Crippen LogP contribution in [0.1, 0.15) is 24.2 Å². The van der Waals surface area contributed by atoms with Gasteiger partial charge in [-0.1, -0.05) is 29.8 Å². The maximum Gasteiger partial charge on any atom is 0.293 e. The fourth-order valence-electron chi connectivity index (χ4n) is 2.18. The Morgan fingerprint density at radius 3 is 2.52 bits per heavy atom. The maximum atomic E-state index is 11.1. The number of carbonyl (C=O) groups excluding carboxylic acids is 1. The van der Waals surface area contributed by atoms with E-state index >= 15 is 0 Å². The summed E-state index contributed by atoms with van der Waals surface area (Å²) in [6.07, 6.45) is -0.596. The van der Waals surface area contributed by atoms with Crippen LogP contribution in [0.25, 0.3) is 0 Å². The molecule has 0 aliphatic heterocycles. The van der Waals surface area contributed by atoms with E-state index in [2.05, 4.69) is 5.32 Å². The number of nitro benzene ring substituents is 1. The van der Waals surface area contributed by atoms with E-state index in [0.29, 0.717) is 16.1 Å². The molecule has 1 amide bonds. The lowest BCUT2D eigenvalue weighted by molar-refractivity contribution is -0.384. The molecule has 0 aromatic heterocycles. The van der Waals surface area contributed by atoms with E-state index in [1.165, 1.54) is 19.1 Å². The molecule has 0 fully saturated rings. The van der Waals surface area contributed by atoms with Crippen LogP contribution in [0.15, 0.2) is 42.5 Å². The van der Waals surface area contributed by atoms with E-state index in [-0.39, 0.29) is 23.7 Å². The predicted octanol–water partition coefficient (Wildman–Crippen LogP) is 3.48. The van der Waals surface area contributed by atoms with Crippen LogP contribution in [-0.2, 0) is 11.2 Å². The topological polar surface area (TPSA) is 92.5 Å². The van der Waals surface area contributed by atoms with Gasteiger partial charge in [0.05, 0.1) is 11.0 Å². The summed E-state index contributed by atoms with van der Waals surface area (Å²) in [5, 5.41) is 24.3. The zero-order valence-electron chi connectivity index (χ0n) is 12.3. The van der Waals surface area contributed by atoms with Crippen molar-refractivity contribution in [1.29, 1.82) is 0 Å². The first kappa shape index (κ1) is 16.9. The van der Waals surface area contributed by atoms with Gasteiger partial charge in [-0.2, -0.15) is 0 Å². The summed E-state index contributed by atoms with van der Waals surface area (Å²) in [5.74, 6) is -0.387. The van der Waals surface area contributed by atoms with Crippen molar-refractivity contribution in [2.24, 2.45) is 0 Å². The highest BCUT2D eigenvalue weighted by Gasteiger charge is 2.17. The van der Waals surface area contributed by atoms with E-state index in [1.54, 1.807) is 30.3 Å². The van der Waals surface area contributed by atoms with E-state index in [9.17, 15) is 20.0 Å². The molecule has 1 atom stereocenters. The van der Waals surface area contributed by atoms with E-state index in [4.69, 9.17) is 11.6 Å². The zero-order valence-corrected chi connectivity index (χ0v) is 13.1. The number of aliphatic hydroxyl groups is 1. The Balaban J connectivity index is 2.22. The maximum absolute atomic E-state index is 11.1. The minimum absolute atomic E-state index is 0.132. The number of aliphatic hydroxyl groups excluding tert-OH is 1. The summed E-state index contributed by atoms with van der Waals surface area (Å²) in [7, 11) is 0. The molecule has 0 spiro atoms. The van der Waals surface area contributed by atoms with Crippen LogP contribution in [0.5, 0.6) is 0 Å². The summed E-state index contributed by atoms with van der Waals surface area (Å²) in [5.41, 5.74) is 1.18. The van der Waals surface area contributed by atoms with Crippen LogP contribution in [0.2, 0.25) is 5.02 Å². The van der Waals surface area contributed by atoms with E-state index in [0.717, 1.165) is 0 Å². The quantitative estimate of drug-likeness (QED) is 0.646. The molecule has 2 aromatic carbocycles. The number of carbonyl (C=O) groups is 1. The highest BCUT2D eigenvalue weighted by atomic mass is 35.5. The molecule has 0 radical (unpaired) electrons. The standard InChI is InChI=1S/C16H15ClN2O4/c1-10(20)18-14-7-2-11(8-15(14)19(22)23)9-16(21)12-3-5-13(17)6-4-12/h2-8,16,21H,9H2,1H3,(H,18,20). The molecule has 0 heterocycles. The number of amides is 1. The minimum Gasteiger partial charge on any atom is -0.388 e. The van der Waals surface area contributed by atoms with Crippen LogP contribution in [-0.4, -0.2) is 15.9 Å². The number of nitro groups is 1. The normalized spacial score (nSPS) is 11.8. The molecule has 6 nitrogen and oxygen atoms in total. The fourth-order valence-corrected chi connectivity index (χ4v) is 2.30. The van der Waals surface area contributed by atoms with Gasteiger partial charge in [0, 0.05) is 24.4 Å². The summed E-state index contributed by atoms with van der Waals surface area (Å²) >= 11 is 5.80. The molecule has 0 aliphatic carbocycles. The SMILES string of the molecule is CC(=O)Nc1ccc(CC(O)c2ccc(Cl)cc2)cc1[N+](=O)[O-]. The van der Waals surface area contributed by atoms with Gasteiger partial charge in [-0.3, -0.25) is 14.9 Å². The number of halogens is 1. The molecule has 1 unspecified atom stereocenters. The molecule has 0 saturated heterocycles. The Morgan fingerprint density at radius 1 is 1.30 bits per heavy atom. The number of nitrogens with one attached hydrogen (secondary N) is 1. The third-order valence-corrected chi connectivity index (χ3v) is 3.51. The van der Waals surface area contributed by atoms with Gasteiger partial charge < -0.3 is 10.4 Å². The van der Waals surface area contributed by atoms with Gasteiger partial charge in [0.2, 0.25) is 5.91 Å². The number of rotatable bonds is 5. The molecule has 120 valence electrons. The van der Waals surface area contributed by atoms with Crippen molar-refractivity contribution >= 4 is 28.9 Å². The van der Waals surface area contributed by atoms with Gasteiger partial charge in [0.15, 0.2) is 0 Å². The summed E-state index contributed by atoms with van der Waals surface area (Å²) in [4.78, 5) is 21.6. The van der Waals surface area contributed by atoms with Crippen molar-refractivity contribution in [3.05, 3.63) is 68.7 Å². The first-order valence-electron chi connectivity index (χ1n) is 6.85. The predicted molar refractivity (Wildman–Crippen MR) is 87.5 cm³/mol. The van der Waals surface area contributed by atoms with Crippen LogP contribution >= 0.6 is 11.6 Å². The lowest BCUT2D eigenvalue weighted by Gasteiger charge is -2.12. The first-order valence-corrected chi connectivity index (χ1v) is 7.23. The fraction of sp³-hybridized carbons (Fsp3) is 0.188. The van der Waals surface area contributed by atoms with Crippen molar-refractivity contribution < 1.29 is 14.8 Å². The van der Waals surface area contributed by atoms with Crippen molar-refractivity contribution in [1.82, 2.24) is 0 Å². The largest absolute Gasteiger partial charge is 0.388 e. The van der Waals surface area contributed by atoms with Crippen LogP contribution < -0.4 is 5.32 Å². The average molecular weight is 335 g/mol. The van der Waals surface area contributed by atoms with E-state index in [1.807, 2.05) is 0 Å². The van der Waals surface area contributed by atoms with Crippen molar-refractivity contribution in [2.45, 2.75) is 19.4 Å². The van der Waals surface area contributed by atoms with Gasteiger partial charge in [-0.05, 0) is 29.3 Å². The third kappa shape index (κ3) is 4.51. The summed E-state index contributed by atoms with van der Waals surface area (Å²) < 4.78 is 0. The Kier molecular flexibility index (Phi) is 5.31. The second-order valence-corrected chi connectivity index (χ2v) is 5.50. The third-order valence-electron chi connectivity index (χ3n) is 3.25. The molecule has 23 heavy (non-hydrogen) atoms. The molecule has 2 aromatic rings. The number of anilines is 1. The van der Waals surface area contributed by atoms with Crippen LogP contribution in [0, 0.1) is 10.1 Å². The minimum atomic E-state index is -0.807. The highest BCUT2D eigenvalue weighted by molar-refractivity contribution is 6.30. The van der Waals surface area contributed by atoms with Crippen molar-refractivity contribution in [3.8, 4) is 0 Å². The second-order valence-electron chi connectivity index (χ2n) is 5.06. The first-order chi connectivity index (χ1) is 10.9. The molecule has 0 bridgehead atoms. The molecule has 2 rings (SSSR count). The number of nitrogens with zero attached hydrogens (tertiary/aromatic N) is 1. The molecule has 0 aliphatic rings. The molecule has 7 heteroatoms. The number of benzene rings is 2. The molecular formula is C16H15ClN2O4. The summed E-state index contributed by atoms with van der Waals surface area (Å²) in [6.45, 7) is 1.28. The highest BCUT2D eigenvalue weighted by Crippen LogP contribution is 2.28. The van der Waals surface area contributed by atoms with Crippen LogP contribution in [0.4, 0.5) is 11.4 Å². The zero-order chi connectivity index (χ0) is 17.0. The Morgan fingerprint density at radius 2 is 1.96 bits per heavy atom. The molecular weight excluding hydrogens is 320 g/mol. The van der Waals surface area contributed by atoms with Crippen molar-refractivity contribution in [2.75, 3.05) is 5.32 Å². The average Bonchev–Trinajstić information content (AvgIpc) is 2.48. The number of hydrogen-bond donors (Lipinski definition) is 2. The van der Waals surface area contributed by atoms with Gasteiger partial charge in [0.25, 0.3) is 5.69 Å².